The van der Waals surface area contributed by atoms with Crippen LogP contribution in [0.5, 0.6) is 5.75 Å². The van der Waals surface area contributed by atoms with Crippen LogP contribution in [-0.2, 0) is 0 Å². The molecule has 0 atom stereocenters. The maximum absolute atomic E-state index is 9.75. The van der Waals surface area contributed by atoms with Gasteiger partial charge in [0.25, 0.3) is 0 Å². The van der Waals surface area contributed by atoms with E-state index in [1.54, 1.807) is 29.7 Å². The van der Waals surface area contributed by atoms with Crippen molar-refractivity contribution in [2.75, 3.05) is 5.73 Å². The molecule has 0 saturated carbocycles. The third-order valence-corrected chi connectivity index (χ3v) is 3.70. The predicted molar refractivity (Wildman–Crippen MR) is 71.1 cm³/mol. The number of hydrogen-bond acceptors (Lipinski definition) is 4. The van der Waals surface area contributed by atoms with Crippen molar-refractivity contribution in [3.05, 3.63) is 42.6 Å². The molecule has 4 heteroatoms. The van der Waals surface area contributed by atoms with Gasteiger partial charge in [-0.2, -0.15) is 0 Å². The van der Waals surface area contributed by atoms with E-state index in [-0.39, 0.29) is 0 Å². The lowest BCUT2D eigenvalue weighted by atomic mass is 10.2. The van der Waals surface area contributed by atoms with Gasteiger partial charge in [0.15, 0.2) is 0 Å². The highest BCUT2D eigenvalue weighted by Gasteiger charge is 2.08. The summed E-state index contributed by atoms with van der Waals surface area (Å²) in [6.07, 6.45) is 1.69. The van der Waals surface area contributed by atoms with Crippen molar-refractivity contribution in [1.82, 2.24) is 4.98 Å². The van der Waals surface area contributed by atoms with Crippen LogP contribution in [0, 0.1) is 0 Å². The second kappa shape index (κ2) is 3.75. The molecule has 0 aliphatic carbocycles. The number of phenolic OH excluding ortho intramolecular Hbond substituents is 1. The first kappa shape index (κ1) is 10.1. The Hall–Kier alpha value is -2.07. The summed E-state index contributed by atoms with van der Waals surface area (Å²) in [5.41, 5.74) is 7.27. The third kappa shape index (κ3) is 1.72. The van der Waals surface area contributed by atoms with Crippen molar-refractivity contribution in [2.45, 2.75) is 0 Å². The first-order valence-corrected chi connectivity index (χ1v) is 5.99. The van der Waals surface area contributed by atoms with Crippen LogP contribution in [0.25, 0.3) is 20.7 Å². The first-order chi connectivity index (χ1) is 8.24. The monoisotopic (exact) mass is 242 g/mol. The number of rotatable bonds is 1. The second-order valence-corrected chi connectivity index (χ2v) is 4.86. The van der Waals surface area contributed by atoms with E-state index in [0.717, 1.165) is 20.7 Å². The maximum atomic E-state index is 9.75. The molecule has 0 bridgehead atoms. The van der Waals surface area contributed by atoms with Gasteiger partial charge >= 0.3 is 0 Å². The number of fused-ring (bicyclic) bond motifs is 1. The molecule has 0 fully saturated rings. The van der Waals surface area contributed by atoms with Crippen LogP contribution in [0.15, 0.2) is 42.6 Å². The first-order valence-electron chi connectivity index (χ1n) is 5.17. The van der Waals surface area contributed by atoms with E-state index in [4.69, 9.17) is 5.73 Å². The van der Waals surface area contributed by atoms with Gasteiger partial charge in [-0.1, -0.05) is 6.07 Å². The number of pyridine rings is 1. The number of nitrogens with two attached hydrogens (primary N) is 1. The fraction of sp³-hybridized carbons (Fsp3) is 0. The molecule has 3 N–H and O–H groups in total. The summed E-state index contributed by atoms with van der Waals surface area (Å²) in [6.45, 7) is 0. The second-order valence-electron chi connectivity index (χ2n) is 3.77. The van der Waals surface area contributed by atoms with E-state index in [2.05, 4.69) is 4.98 Å². The lowest BCUT2D eigenvalue weighted by molar-refractivity contribution is 0.482. The van der Waals surface area contributed by atoms with E-state index in [9.17, 15) is 5.11 Å². The molecule has 84 valence electrons. The number of hydrogen-bond donors (Lipinski definition) is 2. The van der Waals surface area contributed by atoms with E-state index in [0.29, 0.717) is 11.4 Å². The zero-order chi connectivity index (χ0) is 11.8. The molecular weight excluding hydrogens is 232 g/mol. The summed E-state index contributed by atoms with van der Waals surface area (Å²) in [5, 5.41) is 10.6. The maximum Gasteiger partial charge on any atom is 0.124 e. The average molecular weight is 242 g/mol. The molecule has 3 aromatic rings. The van der Waals surface area contributed by atoms with Crippen LogP contribution in [0.1, 0.15) is 0 Å². The lowest BCUT2D eigenvalue weighted by Gasteiger charge is -1.96. The van der Waals surface area contributed by atoms with Crippen LogP contribution in [-0.4, -0.2) is 10.1 Å². The number of benzene rings is 1. The summed E-state index contributed by atoms with van der Waals surface area (Å²) in [4.78, 5) is 5.29. The fourth-order valence-electron chi connectivity index (χ4n) is 1.75. The van der Waals surface area contributed by atoms with E-state index < -0.39 is 0 Å². The van der Waals surface area contributed by atoms with E-state index in [1.165, 1.54) is 0 Å². The van der Waals surface area contributed by atoms with Gasteiger partial charge in [0, 0.05) is 22.0 Å². The zero-order valence-electron chi connectivity index (χ0n) is 8.92. The number of nitrogens with zero attached hydrogens (tertiary/aromatic N) is 1. The summed E-state index contributed by atoms with van der Waals surface area (Å²) in [5.74, 6) is 0.300. The van der Waals surface area contributed by atoms with Crippen molar-refractivity contribution in [2.24, 2.45) is 0 Å². The molecule has 0 spiro atoms. The summed E-state index contributed by atoms with van der Waals surface area (Å²) in [6, 6.07) is 11.0. The number of phenols is 1. The van der Waals surface area contributed by atoms with Crippen molar-refractivity contribution < 1.29 is 5.11 Å². The Kier molecular flexibility index (Phi) is 2.23. The van der Waals surface area contributed by atoms with Gasteiger partial charge < -0.3 is 10.8 Å². The lowest BCUT2D eigenvalue weighted by Crippen LogP contribution is -1.86. The van der Waals surface area contributed by atoms with Crippen LogP contribution < -0.4 is 5.73 Å². The average Bonchev–Trinajstić information content (AvgIpc) is 2.74. The van der Waals surface area contributed by atoms with Gasteiger partial charge in [0.2, 0.25) is 0 Å². The van der Waals surface area contributed by atoms with Crippen molar-refractivity contribution in [3.8, 4) is 16.3 Å². The number of aromatic nitrogens is 1. The van der Waals surface area contributed by atoms with Crippen molar-refractivity contribution in [3.63, 3.8) is 0 Å². The third-order valence-electron chi connectivity index (χ3n) is 2.57. The Bertz CT molecular complexity index is 691. The molecule has 0 aliphatic rings. The molecule has 17 heavy (non-hydrogen) atoms. The minimum absolute atomic E-state index is 0.300. The van der Waals surface area contributed by atoms with Crippen LogP contribution in [0.2, 0.25) is 0 Å². The number of aromatic hydroxyl groups is 1. The quantitative estimate of drug-likeness (QED) is 0.688. The number of nitrogen functional groups attached to an aromatic ring is 1. The van der Waals surface area contributed by atoms with Gasteiger partial charge in [-0.05, 0) is 30.3 Å². The molecule has 3 rings (SSSR count). The molecule has 2 heterocycles. The molecule has 2 aromatic heterocycles. The summed E-state index contributed by atoms with van der Waals surface area (Å²) < 4.78 is 1.05. The number of thiophene rings is 1. The molecule has 0 saturated heterocycles. The van der Waals surface area contributed by atoms with Crippen LogP contribution in [0.4, 0.5) is 5.69 Å². The number of anilines is 1. The molecule has 0 amide bonds. The van der Waals surface area contributed by atoms with Crippen molar-refractivity contribution in [1.29, 1.82) is 0 Å². The zero-order valence-corrected chi connectivity index (χ0v) is 9.74. The van der Waals surface area contributed by atoms with Crippen LogP contribution in [0.3, 0.4) is 0 Å². The highest BCUT2D eigenvalue weighted by atomic mass is 32.1. The van der Waals surface area contributed by atoms with Gasteiger partial charge in [-0.25, -0.2) is 0 Å². The van der Waals surface area contributed by atoms with Crippen molar-refractivity contribution >= 4 is 27.1 Å². The minimum Gasteiger partial charge on any atom is -0.507 e. The summed E-state index contributed by atoms with van der Waals surface area (Å²) in [7, 11) is 0. The Balaban J connectivity index is 2.22. The SMILES string of the molecule is Nc1ccnc(-c2cc3c(O)cccc3s2)c1. The van der Waals surface area contributed by atoms with Gasteiger partial charge in [0.05, 0.1) is 10.6 Å². The highest BCUT2D eigenvalue weighted by Crippen LogP contribution is 2.36. The Labute approximate surface area is 102 Å². The Morgan fingerprint density at radius 3 is 2.82 bits per heavy atom. The van der Waals surface area contributed by atoms with Gasteiger partial charge in [0.1, 0.15) is 5.75 Å². The fourth-order valence-corrected chi connectivity index (χ4v) is 2.80. The minimum atomic E-state index is 0.300. The topological polar surface area (TPSA) is 59.1 Å². The standard InChI is InChI=1S/C13H10N2OS/c14-8-4-5-15-10(6-8)13-7-9-11(16)2-1-3-12(9)17-13/h1-7,16H,(H2,14,15). The molecule has 0 unspecified atom stereocenters. The predicted octanol–water partition coefficient (Wildman–Crippen LogP) is 3.25. The molecule has 1 aromatic carbocycles. The normalized spacial score (nSPS) is 10.8. The molecular formula is C13H10N2OS. The van der Waals surface area contributed by atoms with E-state index in [1.807, 2.05) is 24.3 Å². The molecule has 0 aliphatic heterocycles. The summed E-state index contributed by atoms with van der Waals surface area (Å²) >= 11 is 1.60. The van der Waals surface area contributed by atoms with Crippen LogP contribution >= 0.6 is 11.3 Å². The Morgan fingerprint density at radius 2 is 2.06 bits per heavy atom. The van der Waals surface area contributed by atoms with Gasteiger partial charge in [-0.15, -0.1) is 11.3 Å². The molecule has 0 radical (unpaired) electrons. The highest BCUT2D eigenvalue weighted by molar-refractivity contribution is 7.22. The molecule has 3 nitrogen and oxygen atoms in total. The van der Waals surface area contributed by atoms with E-state index >= 15 is 0 Å². The Morgan fingerprint density at radius 1 is 1.18 bits per heavy atom. The van der Waals surface area contributed by atoms with Gasteiger partial charge in [-0.3, -0.25) is 4.98 Å². The smallest absolute Gasteiger partial charge is 0.124 e. The largest absolute Gasteiger partial charge is 0.507 e.